The van der Waals surface area contributed by atoms with Crippen LogP contribution >= 0.6 is 0 Å². The van der Waals surface area contributed by atoms with Crippen LogP contribution in [0, 0.1) is 5.41 Å². The molecule has 1 N–H and O–H groups in total. The molecular weight excluding hydrogens is 586 g/mol. The zero-order valence-corrected chi connectivity index (χ0v) is 27.5. The summed E-state index contributed by atoms with van der Waals surface area (Å²) in [5.74, 6) is -0.649. The van der Waals surface area contributed by atoms with Crippen molar-refractivity contribution in [2.75, 3.05) is 44.8 Å². The SMILES string of the molecule is COC1CCN(c2ccc(S(=O)(=O)C3(C(=O)NOC4CCCCO4)CCC4(CCN(C(=O)OC(C)(C)C)CC4)C3)cc2)CC1. The quantitative estimate of drug-likeness (QED) is 0.429. The van der Waals surface area contributed by atoms with Gasteiger partial charge in [-0.2, -0.15) is 0 Å². The second-order valence-electron chi connectivity index (χ2n) is 13.9. The van der Waals surface area contributed by atoms with Gasteiger partial charge in [0.25, 0.3) is 5.91 Å². The molecule has 0 radical (unpaired) electrons. The highest BCUT2D eigenvalue weighted by Gasteiger charge is 2.61. The van der Waals surface area contributed by atoms with E-state index in [-0.39, 0.29) is 29.9 Å². The maximum absolute atomic E-state index is 14.5. The number of methoxy groups -OCH3 is 1. The van der Waals surface area contributed by atoms with Crippen LogP contribution in [0.25, 0.3) is 0 Å². The predicted octanol–water partition coefficient (Wildman–Crippen LogP) is 4.59. The number of rotatable bonds is 7. The second kappa shape index (κ2) is 13.1. The van der Waals surface area contributed by atoms with E-state index in [1.807, 2.05) is 32.9 Å². The van der Waals surface area contributed by atoms with Crippen molar-refractivity contribution >= 4 is 27.5 Å². The number of sulfone groups is 1. The van der Waals surface area contributed by atoms with Crippen LogP contribution in [0.2, 0.25) is 0 Å². The van der Waals surface area contributed by atoms with Crippen LogP contribution in [0.3, 0.4) is 0 Å². The highest BCUT2D eigenvalue weighted by atomic mass is 32.2. The summed E-state index contributed by atoms with van der Waals surface area (Å²) in [4.78, 5) is 36.4. The number of nitrogens with zero attached hydrogens (tertiary/aromatic N) is 2. The number of carbonyl (C=O) groups is 2. The van der Waals surface area contributed by atoms with Gasteiger partial charge in [0.05, 0.1) is 11.0 Å². The van der Waals surface area contributed by atoms with Gasteiger partial charge >= 0.3 is 6.09 Å². The standard InChI is InChI=1S/C32H49N3O8S/c1-30(2,3)42-29(37)35-20-16-31(17-21-35)14-15-32(23-31,28(36)33-43-27-7-5-6-22-41-27)44(38,39)26-10-8-24(9-11-26)34-18-12-25(40-4)13-19-34/h8-11,25,27H,5-7,12-23H2,1-4H3,(H,33,36). The molecule has 0 aromatic heterocycles. The first-order valence-corrected chi connectivity index (χ1v) is 17.5. The first-order chi connectivity index (χ1) is 20.9. The van der Waals surface area contributed by atoms with Crippen LogP contribution in [-0.2, 0) is 33.7 Å². The van der Waals surface area contributed by atoms with Crippen LogP contribution in [0.1, 0.15) is 85.0 Å². The Bertz CT molecular complexity index is 1260. The van der Waals surface area contributed by atoms with Gasteiger partial charge in [-0.25, -0.2) is 23.5 Å². The molecule has 12 heteroatoms. The monoisotopic (exact) mass is 635 g/mol. The lowest BCUT2D eigenvalue weighted by Gasteiger charge is -2.40. The number of hydrogen-bond donors (Lipinski definition) is 1. The fourth-order valence-corrected chi connectivity index (χ4v) is 9.24. The maximum Gasteiger partial charge on any atom is 0.410 e. The number of piperidine rings is 2. The van der Waals surface area contributed by atoms with Crippen molar-refractivity contribution in [3.63, 3.8) is 0 Å². The number of carbonyl (C=O) groups excluding carboxylic acids is 2. The van der Waals surface area contributed by atoms with E-state index in [4.69, 9.17) is 19.0 Å². The Morgan fingerprint density at radius 2 is 1.64 bits per heavy atom. The number of likely N-dealkylation sites (tertiary alicyclic amines) is 1. The topological polar surface area (TPSA) is 124 Å². The molecule has 246 valence electrons. The van der Waals surface area contributed by atoms with E-state index < -0.39 is 37.8 Å². The Labute approximate surface area is 261 Å². The number of nitrogens with one attached hydrogen (secondary N) is 1. The number of ether oxygens (including phenoxy) is 3. The number of hydrogen-bond acceptors (Lipinski definition) is 9. The molecule has 3 saturated heterocycles. The van der Waals surface area contributed by atoms with Gasteiger partial charge in [-0.15, -0.1) is 0 Å². The lowest BCUT2D eigenvalue weighted by atomic mass is 9.76. The van der Waals surface area contributed by atoms with Crippen molar-refractivity contribution < 1.29 is 37.1 Å². The minimum Gasteiger partial charge on any atom is -0.444 e. The number of anilines is 1. The van der Waals surface area contributed by atoms with E-state index in [1.54, 1.807) is 24.1 Å². The van der Waals surface area contributed by atoms with Crippen LogP contribution in [0.4, 0.5) is 10.5 Å². The first-order valence-electron chi connectivity index (χ1n) is 16.0. The van der Waals surface area contributed by atoms with E-state index in [0.29, 0.717) is 45.4 Å². The van der Waals surface area contributed by atoms with Crippen LogP contribution in [0.5, 0.6) is 0 Å². The average molecular weight is 636 g/mol. The molecule has 2 unspecified atom stereocenters. The fraction of sp³-hybridized carbons (Fsp3) is 0.750. The normalized spacial score (nSPS) is 26.5. The van der Waals surface area contributed by atoms with Crippen molar-refractivity contribution in [3.05, 3.63) is 24.3 Å². The molecule has 5 rings (SSSR count). The molecule has 3 aliphatic heterocycles. The minimum atomic E-state index is -4.12. The van der Waals surface area contributed by atoms with Gasteiger partial charge in [-0.05, 0) is 108 Å². The zero-order chi connectivity index (χ0) is 31.6. The van der Waals surface area contributed by atoms with Crippen molar-refractivity contribution in [1.29, 1.82) is 0 Å². The smallest absolute Gasteiger partial charge is 0.410 e. The highest BCUT2D eigenvalue weighted by molar-refractivity contribution is 7.93. The van der Waals surface area contributed by atoms with Crippen LogP contribution in [-0.4, -0.2) is 88.0 Å². The van der Waals surface area contributed by atoms with Gasteiger partial charge in [0.15, 0.2) is 20.9 Å². The summed E-state index contributed by atoms with van der Waals surface area (Å²) >= 11 is 0. The zero-order valence-electron chi connectivity index (χ0n) is 26.6. The molecule has 2 atom stereocenters. The van der Waals surface area contributed by atoms with Crippen molar-refractivity contribution in [3.8, 4) is 0 Å². The number of hydroxylamine groups is 1. The third-order valence-electron chi connectivity index (χ3n) is 9.83. The molecule has 4 aliphatic rings. The Kier molecular flexibility index (Phi) is 9.84. The summed E-state index contributed by atoms with van der Waals surface area (Å²) in [7, 11) is -2.39. The molecule has 2 amide bonds. The van der Waals surface area contributed by atoms with Crippen molar-refractivity contribution in [1.82, 2.24) is 10.4 Å². The summed E-state index contributed by atoms with van der Waals surface area (Å²) in [6.45, 7) is 8.61. The van der Waals surface area contributed by atoms with Gasteiger partial charge in [0.1, 0.15) is 5.60 Å². The molecule has 4 fully saturated rings. The highest BCUT2D eigenvalue weighted by Crippen LogP contribution is 2.55. The van der Waals surface area contributed by atoms with Gasteiger partial charge in [-0.3, -0.25) is 4.79 Å². The summed E-state index contributed by atoms with van der Waals surface area (Å²) < 4.78 is 44.0. The minimum absolute atomic E-state index is 0.125. The van der Waals surface area contributed by atoms with Gasteiger partial charge in [0.2, 0.25) is 0 Å². The van der Waals surface area contributed by atoms with Gasteiger partial charge in [0, 0.05) is 52.0 Å². The van der Waals surface area contributed by atoms with Crippen LogP contribution < -0.4 is 10.4 Å². The molecule has 3 heterocycles. The largest absolute Gasteiger partial charge is 0.444 e. The van der Waals surface area contributed by atoms with Crippen LogP contribution in [0.15, 0.2) is 29.2 Å². The van der Waals surface area contributed by atoms with E-state index in [1.165, 1.54) is 0 Å². The molecule has 11 nitrogen and oxygen atoms in total. The Morgan fingerprint density at radius 3 is 2.23 bits per heavy atom. The predicted molar refractivity (Wildman–Crippen MR) is 165 cm³/mol. The number of benzene rings is 1. The molecule has 1 saturated carbocycles. The molecule has 0 bridgehead atoms. The Morgan fingerprint density at radius 1 is 0.955 bits per heavy atom. The van der Waals surface area contributed by atoms with E-state index in [9.17, 15) is 18.0 Å². The third-order valence-corrected chi connectivity index (χ3v) is 12.3. The molecule has 1 aromatic rings. The van der Waals surface area contributed by atoms with Crippen molar-refractivity contribution in [2.24, 2.45) is 5.41 Å². The average Bonchev–Trinajstić information content (AvgIpc) is 3.40. The van der Waals surface area contributed by atoms with E-state index >= 15 is 0 Å². The lowest BCUT2D eigenvalue weighted by molar-refractivity contribution is -0.201. The fourth-order valence-electron chi connectivity index (χ4n) is 7.14. The molecule has 1 aromatic carbocycles. The molecule has 1 aliphatic carbocycles. The van der Waals surface area contributed by atoms with Crippen molar-refractivity contribution in [2.45, 2.75) is 113 Å². The Hall–Kier alpha value is -2.41. The van der Waals surface area contributed by atoms with Gasteiger partial charge in [-0.1, -0.05) is 0 Å². The third kappa shape index (κ3) is 7.03. The maximum atomic E-state index is 14.5. The van der Waals surface area contributed by atoms with E-state index in [2.05, 4.69) is 10.4 Å². The second-order valence-corrected chi connectivity index (χ2v) is 16.2. The summed E-state index contributed by atoms with van der Waals surface area (Å²) in [5, 5.41) is 0. The summed E-state index contributed by atoms with van der Waals surface area (Å²) in [6, 6.07) is 6.93. The number of amides is 2. The summed E-state index contributed by atoms with van der Waals surface area (Å²) in [6.07, 6.45) is 5.68. The van der Waals surface area contributed by atoms with Gasteiger partial charge < -0.3 is 24.0 Å². The molecule has 1 spiro atoms. The molecule has 44 heavy (non-hydrogen) atoms. The van der Waals surface area contributed by atoms with E-state index in [0.717, 1.165) is 44.5 Å². The summed E-state index contributed by atoms with van der Waals surface area (Å²) in [5.41, 5.74) is 2.47. The molecular formula is C32H49N3O8S. The lowest BCUT2D eigenvalue weighted by Crippen LogP contribution is -2.53. The Balaban J connectivity index is 1.35. The first kappa shape index (κ1) is 33.0.